The highest BCUT2D eigenvalue weighted by Crippen LogP contribution is 2.36. The molecular formula is C16H17N5OS. The van der Waals surface area contributed by atoms with Crippen LogP contribution in [0.25, 0.3) is 10.4 Å². The number of amides is 1. The Balaban J connectivity index is 1.59. The van der Waals surface area contributed by atoms with Gasteiger partial charge in [0, 0.05) is 43.8 Å². The Morgan fingerprint density at radius 2 is 2.26 bits per heavy atom. The van der Waals surface area contributed by atoms with Crippen LogP contribution in [0, 0.1) is 19.3 Å². The molecule has 1 aliphatic heterocycles. The number of hydrogen-bond acceptors (Lipinski definition) is 5. The fraction of sp³-hybridized carbons (Fsp3) is 0.375. The zero-order chi connectivity index (χ0) is 16.3. The molecule has 2 N–H and O–H groups in total. The normalized spacial score (nSPS) is 14.4. The van der Waals surface area contributed by atoms with Crippen LogP contribution < -0.4 is 5.32 Å². The van der Waals surface area contributed by atoms with Crippen LogP contribution in [0.3, 0.4) is 0 Å². The van der Waals surface area contributed by atoms with Gasteiger partial charge in [0.05, 0.1) is 21.6 Å². The Bertz CT molecular complexity index is 776. The highest BCUT2D eigenvalue weighted by molar-refractivity contribution is 7.13. The van der Waals surface area contributed by atoms with E-state index in [0.29, 0.717) is 24.9 Å². The maximum Gasteiger partial charge on any atom is 0.253 e. The Kier molecular flexibility index (Phi) is 4.26. The fourth-order valence-electron chi connectivity index (χ4n) is 2.44. The molecule has 0 atom stereocenters. The number of H-pyrrole nitrogens is 1. The third-order valence-corrected chi connectivity index (χ3v) is 4.81. The van der Waals surface area contributed by atoms with Gasteiger partial charge in [0.15, 0.2) is 5.66 Å². The summed E-state index contributed by atoms with van der Waals surface area (Å²) in [6.07, 6.45) is 10.9. The number of carbonyl (C=O) groups excluding carboxylic acids is 1. The molecule has 0 unspecified atom stereocenters. The highest BCUT2D eigenvalue weighted by atomic mass is 32.1. The summed E-state index contributed by atoms with van der Waals surface area (Å²) in [6.45, 7) is 2.45. The number of hydrogen-bond donors (Lipinski definition) is 2. The van der Waals surface area contributed by atoms with Crippen LogP contribution in [0.4, 0.5) is 0 Å². The SMILES string of the molecule is C#CCCC1(CCNC(=O)c2c[nH]cc2-c2scnc2C)N=N1. The molecule has 0 spiro atoms. The molecule has 23 heavy (non-hydrogen) atoms. The molecule has 118 valence electrons. The minimum Gasteiger partial charge on any atom is -0.366 e. The Hall–Kier alpha value is -2.46. The van der Waals surface area contributed by atoms with E-state index in [-0.39, 0.29) is 11.6 Å². The molecule has 0 radical (unpaired) electrons. The van der Waals surface area contributed by atoms with Gasteiger partial charge in [-0.2, -0.15) is 10.2 Å². The molecule has 2 aromatic heterocycles. The van der Waals surface area contributed by atoms with Crippen LogP contribution in [0.2, 0.25) is 0 Å². The average molecular weight is 327 g/mol. The largest absolute Gasteiger partial charge is 0.366 e. The minimum absolute atomic E-state index is 0.109. The lowest BCUT2D eigenvalue weighted by Crippen LogP contribution is -2.28. The first-order chi connectivity index (χ1) is 11.2. The van der Waals surface area contributed by atoms with Crippen molar-refractivity contribution in [1.29, 1.82) is 0 Å². The summed E-state index contributed by atoms with van der Waals surface area (Å²) in [5, 5.41) is 11.1. The molecule has 0 fully saturated rings. The number of aryl methyl sites for hydroxylation is 1. The van der Waals surface area contributed by atoms with E-state index in [9.17, 15) is 4.79 Å². The van der Waals surface area contributed by atoms with Gasteiger partial charge in [-0.3, -0.25) is 4.79 Å². The first kappa shape index (κ1) is 15.4. The van der Waals surface area contributed by atoms with E-state index >= 15 is 0 Å². The first-order valence-electron chi connectivity index (χ1n) is 7.38. The third kappa shape index (κ3) is 3.32. The summed E-state index contributed by atoms with van der Waals surface area (Å²) in [7, 11) is 0. The second-order valence-corrected chi connectivity index (χ2v) is 6.30. The number of aromatic amines is 1. The van der Waals surface area contributed by atoms with Crippen LogP contribution in [0.15, 0.2) is 28.1 Å². The molecule has 0 aromatic carbocycles. The number of rotatable bonds is 7. The van der Waals surface area contributed by atoms with Gasteiger partial charge in [0.2, 0.25) is 0 Å². The predicted octanol–water partition coefficient (Wildman–Crippen LogP) is 3.14. The van der Waals surface area contributed by atoms with Crippen LogP contribution in [0.1, 0.15) is 35.3 Å². The van der Waals surface area contributed by atoms with Crippen LogP contribution >= 0.6 is 11.3 Å². The maximum atomic E-state index is 12.4. The molecule has 3 heterocycles. The molecule has 0 bridgehead atoms. The van der Waals surface area contributed by atoms with E-state index in [0.717, 1.165) is 22.6 Å². The zero-order valence-corrected chi connectivity index (χ0v) is 13.6. The number of thiazole rings is 1. The van der Waals surface area contributed by atoms with Crippen molar-refractivity contribution in [2.75, 3.05) is 6.54 Å². The van der Waals surface area contributed by atoms with Gasteiger partial charge in [-0.1, -0.05) is 0 Å². The summed E-state index contributed by atoms with van der Waals surface area (Å²) in [5.74, 6) is 2.49. The first-order valence-corrected chi connectivity index (χ1v) is 8.26. The highest BCUT2D eigenvalue weighted by Gasteiger charge is 2.38. The molecule has 0 saturated carbocycles. The van der Waals surface area contributed by atoms with Gasteiger partial charge in [0.25, 0.3) is 5.91 Å². The second-order valence-electron chi connectivity index (χ2n) is 5.44. The molecule has 1 amide bonds. The number of terminal acetylenes is 1. The fourth-order valence-corrected chi connectivity index (χ4v) is 3.27. The van der Waals surface area contributed by atoms with Crippen molar-refractivity contribution in [2.24, 2.45) is 10.2 Å². The summed E-state index contributed by atoms with van der Waals surface area (Å²) >= 11 is 1.53. The molecule has 6 nitrogen and oxygen atoms in total. The van der Waals surface area contributed by atoms with Gasteiger partial charge in [-0.05, 0) is 6.92 Å². The Labute approximate surface area is 138 Å². The summed E-state index contributed by atoms with van der Waals surface area (Å²) in [5.41, 5.74) is 3.84. The predicted molar refractivity (Wildman–Crippen MR) is 89.2 cm³/mol. The zero-order valence-electron chi connectivity index (χ0n) is 12.8. The second kappa shape index (κ2) is 6.34. The van der Waals surface area contributed by atoms with E-state index < -0.39 is 0 Å². The van der Waals surface area contributed by atoms with Crippen molar-refractivity contribution in [3.05, 3.63) is 29.2 Å². The lowest BCUT2D eigenvalue weighted by Gasteiger charge is -2.10. The monoisotopic (exact) mass is 327 g/mol. The number of nitrogens with zero attached hydrogens (tertiary/aromatic N) is 3. The molecular weight excluding hydrogens is 310 g/mol. The molecule has 7 heteroatoms. The molecule has 2 aromatic rings. The van der Waals surface area contributed by atoms with Crippen molar-refractivity contribution >= 4 is 17.2 Å². The Morgan fingerprint density at radius 1 is 1.43 bits per heavy atom. The van der Waals surface area contributed by atoms with Crippen molar-refractivity contribution in [3.8, 4) is 22.8 Å². The standard InChI is InChI=1S/C16H17N5OS/c1-3-4-5-16(20-21-16)6-7-18-15(22)13-9-17-8-12(13)14-11(2)19-10-23-14/h1,8-10,17H,4-7H2,2H3,(H,18,22). The molecule has 0 saturated heterocycles. The van der Waals surface area contributed by atoms with Gasteiger partial charge in [-0.25, -0.2) is 4.98 Å². The van der Waals surface area contributed by atoms with E-state index in [1.165, 1.54) is 11.3 Å². The lowest BCUT2D eigenvalue weighted by molar-refractivity contribution is 0.0952. The van der Waals surface area contributed by atoms with Crippen molar-refractivity contribution in [2.45, 2.75) is 31.8 Å². The number of aromatic nitrogens is 2. The quantitative estimate of drug-likeness (QED) is 0.766. The summed E-state index contributed by atoms with van der Waals surface area (Å²) in [6, 6.07) is 0. The summed E-state index contributed by atoms with van der Waals surface area (Å²) < 4.78 is 0. The van der Waals surface area contributed by atoms with Gasteiger partial charge >= 0.3 is 0 Å². The van der Waals surface area contributed by atoms with Gasteiger partial charge in [-0.15, -0.1) is 23.7 Å². The number of nitrogens with one attached hydrogen (secondary N) is 2. The van der Waals surface area contributed by atoms with E-state index in [2.05, 4.69) is 31.4 Å². The smallest absolute Gasteiger partial charge is 0.253 e. The molecule has 3 rings (SSSR count). The van der Waals surface area contributed by atoms with Crippen LogP contribution in [0.5, 0.6) is 0 Å². The van der Waals surface area contributed by atoms with E-state index in [1.54, 1.807) is 11.7 Å². The molecule has 0 aliphatic carbocycles. The van der Waals surface area contributed by atoms with Crippen molar-refractivity contribution in [3.63, 3.8) is 0 Å². The lowest BCUT2D eigenvalue weighted by atomic mass is 10.0. The average Bonchev–Trinajstić information content (AvgIpc) is 2.95. The van der Waals surface area contributed by atoms with E-state index in [1.807, 2.05) is 13.1 Å². The van der Waals surface area contributed by atoms with Crippen molar-refractivity contribution in [1.82, 2.24) is 15.3 Å². The van der Waals surface area contributed by atoms with Crippen molar-refractivity contribution < 1.29 is 4.79 Å². The van der Waals surface area contributed by atoms with Gasteiger partial charge in [0.1, 0.15) is 0 Å². The number of carbonyl (C=O) groups is 1. The van der Waals surface area contributed by atoms with E-state index in [4.69, 9.17) is 6.42 Å². The topological polar surface area (TPSA) is 82.5 Å². The minimum atomic E-state index is -0.366. The third-order valence-electron chi connectivity index (χ3n) is 3.84. The maximum absolute atomic E-state index is 12.4. The van der Waals surface area contributed by atoms with Crippen LogP contribution in [-0.2, 0) is 0 Å². The molecule has 1 aliphatic rings. The van der Waals surface area contributed by atoms with Crippen LogP contribution in [-0.4, -0.2) is 28.1 Å². The van der Waals surface area contributed by atoms with Gasteiger partial charge < -0.3 is 10.3 Å². The summed E-state index contributed by atoms with van der Waals surface area (Å²) in [4.78, 5) is 20.7. The Morgan fingerprint density at radius 3 is 2.91 bits per heavy atom.